The topological polar surface area (TPSA) is 76.2 Å². The minimum atomic E-state index is -0.968. The van der Waals surface area contributed by atoms with Gasteiger partial charge in [-0.1, -0.05) is 0 Å². The Morgan fingerprint density at radius 2 is 2.35 bits per heavy atom. The van der Waals surface area contributed by atoms with Gasteiger partial charge in [0, 0.05) is 16.7 Å². The van der Waals surface area contributed by atoms with E-state index in [1.807, 2.05) is 24.4 Å². The zero-order chi connectivity index (χ0) is 12.4. The predicted molar refractivity (Wildman–Crippen MR) is 69.5 cm³/mol. The van der Waals surface area contributed by atoms with E-state index in [9.17, 15) is 4.79 Å². The van der Waals surface area contributed by atoms with Crippen LogP contribution in [0, 0.1) is 6.92 Å². The first-order valence-electron chi connectivity index (χ1n) is 5.06. The van der Waals surface area contributed by atoms with Crippen molar-refractivity contribution < 1.29 is 9.90 Å². The minimum absolute atomic E-state index is 0.364. The number of carboxylic acid groups (broad SMARTS) is 1. The Morgan fingerprint density at radius 1 is 1.59 bits per heavy atom. The molecule has 6 heteroatoms. The van der Waals surface area contributed by atoms with Crippen LogP contribution in [0.1, 0.15) is 9.88 Å². The smallest absolute Gasteiger partial charge is 0.320 e. The van der Waals surface area contributed by atoms with Crippen molar-refractivity contribution in [2.45, 2.75) is 19.4 Å². The lowest BCUT2D eigenvalue weighted by Crippen LogP contribution is -2.31. The Labute approximate surface area is 107 Å². The van der Waals surface area contributed by atoms with Crippen LogP contribution in [0.5, 0.6) is 0 Å². The molecule has 4 nitrogen and oxygen atoms in total. The van der Waals surface area contributed by atoms with Crippen LogP contribution < -0.4 is 5.73 Å². The third-order valence-corrected chi connectivity index (χ3v) is 4.17. The largest absolute Gasteiger partial charge is 0.480 e. The van der Waals surface area contributed by atoms with E-state index in [2.05, 4.69) is 4.98 Å². The first kappa shape index (κ1) is 12.2. The first-order valence-corrected chi connectivity index (χ1v) is 6.75. The number of carboxylic acids is 1. The number of nitrogens with zero attached hydrogens (tertiary/aromatic N) is 1. The van der Waals surface area contributed by atoms with Crippen molar-refractivity contribution >= 4 is 28.6 Å². The van der Waals surface area contributed by atoms with Gasteiger partial charge in [0.1, 0.15) is 6.04 Å². The van der Waals surface area contributed by atoms with Crippen LogP contribution >= 0.6 is 22.7 Å². The summed E-state index contributed by atoms with van der Waals surface area (Å²) in [7, 11) is 0. The lowest BCUT2D eigenvalue weighted by Gasteiger charge is -2.02. The molecule has 2 aromatic heterocycles. The van der Waals surface area contributed by atoms with Crippen molar-refractivity contribution in [2.75, 3.05) is 0 Å². The van der Waals surface area contributed by atoms with Crippen LogP contribution in [-0.2, 0) is 11.2 Å². The molecule has 2 rings (SSSR count). The Bertz CT molecular complexity index is 533. The van der Waals surface area contributed by atoms with Gasteiger partial charge in [-0.2, -0.15) is 0 Å². The molecule has 2 heterocycles. The SMILES string of the molecule is Cc1nc(-c2ccc(CC(N)C(=O)O)s2)cs1. The molecule has 90 valence electrons. The van der Waals surface area contributed by atoms with E-state index in [-0.39, 0.29) is 0 Å². The highest BCUT2D eigenvalue weighted by Crippen LogP contribution is 2.29. The number of thiazole rings is 1. The summed E-state index contributed by atoms with van der Waals surface area (Å²) in [6, 6.07) is 3.04. The standard InChI is InChI=1S/C11H12N2O2S2/c1-6-13-9(5-16-6)10-3-2-7(17-10)4-8(12)11(14)15/h2-3,5,8H,4,12H2,1H3,(H,14,15). The summed E-state index contributed by atoms with van der Waals surface area (Å²) in [6.07, 6.45) is 0.364. The average Bonchev–Trinajstić information content (AvgIpc) is 2.86. The number of aliphatic carboxylic acids is 1. The predicted octanol–water partition coefficient (Wildman–Crippen LogP) is 2.13. The summed E-state index contributed by atoms with van der Waals surface area (Å²) < 4.78 is 0. The van der Waals surface area contributed by atoms with Crippen molar-refractivity contribution in [1.29, 1.82) is 0 Å². The highest BCUT2D eigenvalue weighted by atomic mass is 32.1. The summed E-state index contributed by atoms with van der Waals surface area (Å²) >= 11 is 3.15. The van der Waals surface area contributed by atoms with Gasteiger partial charge in [0.05, 0.1) is 15.6 Å². The maximum atomic E-state index is 10.7. The van der Waals surface area contributed by atoms with Gasteiger partial charge >= 0.3 is 5.97 Å². The van der Waals surface area contributed by atoms with Crippen LogP contribution in [0.25, 0.3) is 10.6 Å². The summed E-state index contributed by atoms with van der Waals surface area (Å²) in [4.78, 5) is 17.1. The van der Waals surface area contributed by atoms with Crippen LogP contribution in [0.15, 0.2) is 17.5 Å². The van der Waals surface area contributed by atoms with Crippen molar-refractivity contribution in [2.24, 2.45) is 5.73 Å². The van der Waals surface area contributed by atoms with Gasteiger partial charge in [-0.05, 0) is 19.1 Å². The molecule has 0 saturated carbocycles. The molecule has 0 aliphatic heterocycles. The second-order valence-corrected chi connectivity index (χ2v) is 5.90. The lowest BCUT2D eigenvalue weighted by atomic mass is 10.2. The number of aryl methyl sites for hydroxylation is 1. The number of carbonyl (C=O) groups is 1. The number of aromatic nitrogens is 1. The van der Waals surface area contributed by atoms with Crippen LogP contribution in [0.3, 0.4) is 0 Å². The molecule has 3 N–H and O–H groups in total. The Morgan fingerprint density at radius 3 is 2.94 bits per heavy atom. The molecular weight excluding hydrogens is 256 g/mol. The number of hydrogen-bond acceptors (Lipinski definition) is 5. The van der Waals surface area contributed by atoms with E-state index in [0.29, 0.717) is 6.42 Å². The Balaban J connectivity index is 2.13. The molecule has 1 unspecified atom stereocenters. The fourth-order valence-corrected chi connectivity index (χ4v) is 3.12. The zero-order valence-corrected chi connectivity index (χ0v) is 10.8. The monoisotopic (exact) mass is 268 g/mol. The third-order valence-electron chi connectivity index (χ3n) is 2.27. The number of nitrogens with two attached hydrogens (primary N) is 1. The maximum absolute atomic E-state index is 10.7. The van der Waals surface area contributed by atoms with E-state index in [1.165, 1.54) is 0 Å². The van der Waals surface area contributed by atoms with Gasteiger partial charge < -0.3 is 10.8 Å². The van der Waals surface area contributed by atoms with Gasteiger partial charge in [-0.25, -0.2) is 4.98 Å². The molecule has 0 spiro atoms. The van der Waals surface area contributed by atoms with Crippen LogP contribution in [0.2, 0.25) is 0 Å². The highest BCUT2D eigenvalue weighted by molar-refractivity contribution is 7.16. The molecule has 0 aliphatic carbocycles. The van der Waals surface area contributed by atoms with Crippen LogP contribution in [0.4, 0.5) is 0 Å². The van der Waals surface area contributed by atoms with E-state index < -0.39 is 12.0 Å². The minimum Gasteiger partial charge on any atom is -0.480 e. The molecule has 2 aromatic rings. The summed E-state index contributed by atoms with van der Waals surface area (Å²) in [5.41, 5.74) is 6.45. The molecule has 1 atom stereocenters. The van der Waals surface area contributed by atoms with Gasteiger partial charge in [0.25, 0.3) is 0 Å². The molecule has 0 aromatic carbocycles. The molecule has 0 bridgehead atoms. The van der Waals surface area contributed by atoms with Gasteiger partial charge in [-0.3, -0.25) is 4.79 Å². The Kier molecular flexibility index (Phi) is 3.56. The molecule has 0 radical (unpaired) electrons. The van der Waals surface area contributed by atoms with Crippen LogP contribution in [-0.4, -0.2) is 22.1 Å². The maximum Gasteiger partial charge on any atom is 0.320 e. The summed E-state index contributed by atoms with van der Waals surface area (Å²) in [5.74, 6) is -0.968. The van der Waals surface area contributed by atoms with E-state index in [1.54, 1.807) is 22.7 Å². The summed E-state index contributed by atoms with van der Waals surface area (Å²) in [5, 5.41) is 11.8. The second-order valence-electron chi connectivity index (χ2n) is 3.67. The molecule has 0 saturated heterocycles. The second kappa shape index (κ2) is 4.95. The number of thiophene rings is 1. The fraction of sp³-hybridized carbons (Fsp3) is 0.273. The fourth-order valence-electron chi connectivity index (χ4n) is 1.41. The number of rotatable bonds is 4. The van der Waals surface area contributed by atoms with E-state index in [0.717, 1.165) is 20.5 Å². The average molecular weight is 268 g/mol. The summed E-state index contributed by atoms with van der Waals surface area (Å²) in [6.45, 7) is 1.96. The van der Waals surface area contributed by atoms with Gasteiger partial charge in [0.2, 0.25) is 0 Å². The molecular formula is C11H12N2O2S2. The van der Waals surface area contributed by atoms with Gasteiger partial charge in [-0.15, -0.1) is 22.7 Å². The normalized spacial score (nSPS) is 12.6. The molecule has 17 heavy (non-hydrogen) atoms. The van der Waals surface area contributed by atoms with E-state index in [4.69, 9.17) is 10.8 Å². The Hall–Kier alpha value is -1.24. The highest BCUT2D eigenvalue weighted by Gasteiger charge is 2.14. The van der Waals surface area contributed by atoms with Crippen molar-refractivity contribution in [1.82, 2.24) is 4.98 Å². The van der Waals surface area contributed by atoms with Gasteiger partial charge in [0.15, 0.2) is 0 Å². The molecule has 0 fully saturated rings. The number of hydrogen-bond donors (Lipinski definition) is 2. The zero-order valence-electron chi connectivity index (χ0n) is 9.21. The van der Waals surface area contributed by atoms with Crippen molar-refractivity contribution in [3.05, 3.63) is 27.4 Å². The third kappa shape index (κ3) is 2.91. The molecule has 0 aliphatic rings. The quantitative estimate of drug-likeness (QED) is 0.890. The molecule has 0 amide bonds. The van der Waals surface area contributed by atoms with E-state index >= 15 is 0 Å². The lowest BCUT2D eigenvalue weighted by molar-refractivity contribution is -0.138. The first-order chi connectivity index (χ1) is 8.06. The van der Waals surface area contributed by atoms with Crippen molar-refractivity contribution in [3.8, 4) is 10.6 Å². The van der Waals surface area contributed by atoms with Crippen molar-refractivity contribution in [3.63, 3.8) is 0 Å².